The van der Waals surface area contributed by atoms with E-state index in [-0.39, 0.29) is 6.03 Å². The van der Waals surface area contributed by atoms with Crippen molar-refractivity contribution in [2.24, 2.45) is 0 Å². The Balaban J connectivity index is 1.55. The lowest BCUT2D eigenvalue weighted by Gasteiger charge is -2.26. The number of morpholine rings is 1. The molecule has 0 spiro atoms. The van der Waals surface area contributed by atoms with Gasteiger partial charge in [0.1, 0.15) is 0 Å². The molecule has 2 N–H and O–H groups in total. The Morgan fingerprint density at radius 1 is 1.32 bits per heavy atom. The number of carbonyl (C=O) groups excluding carboxylic acids is 1. The van der Waals surface area contributed by atoms with Crippen LogP contribution in [0.25, 0.3) is 0 Å². The number of hydrogen-bond acceptors (Lipinski definition) is 5. The number of halogens is 1. The van der Waals surface area contributed by atoms with Crippen LogP contribution in [-0.4, -0.2) is 42.3 Å². The number of aryl methyl sites for hydroxylation is 1. The first-order valence-corrected chi connectivity index (χ1v) is 8.45. The number of anilines is 2. The van der Waals surface area contributed by atoms with Crippen LogP contribution in [0.3, 0.4) is 0 Å². The van der Waals surface area contributed by atoms with Crippen molar-refractivity contribution in [1.29, 1.82) is 0 Å². The second-order valence-electron chi connectivity index (χ2n) is 5.72. The molecule has 1 saturated heterocycles. The van der Waals surface area contributed by atoms with Gasteiger partial charge in [0.25, 0.3) is 0 Å². The quantitative estimate of drug-likeness (QED) is 0.875. The van der Waals surface area contributed by atoms with Crippen LogP contribution in [0.15, 0.2) is 30.5 Å². The van der Waals surface area contributed by atoms with Gasteiger partial charge in [0.05, 0.1) is 25.5 Å². The third kappa shape index (κ3) is 4.80. The van der Waals surface area contributed by atoms with Crippen LogP contribution in [0.2, 0.25) is 5.02 Å². The van der Waals surface area contributed by atoms with E-state index in [4.69, 9.17) is 16.3 Å². The second-order valence-corrected chi connectivity index (χ2v) is 6.13. The molecule has 2 amide bonds. The van der Waals surface area contributed by atoms with Crippen LogP contribution < -0.4 is 15.5 Å². The number of nitrogens with zero attached hydrogens (tertiary/aromatic N) is 3. The van der Waals surface area contributed by atoms with E-state index >= 15 is 0 Å². The predicted molar refractivity (Wildman–Crippen MR) is 97.1 cm³/mol. The number of nitrogens with one attached hydrogen (secondary N) is 2. The Bertz CT molecular complexity index is 750. The molecule has 2 heterocycles. The minimum Gasteiger partial charge on any atom is -0.378 e. The van der Waals surface area contributed by atoms with Crippen molar-refractivity contribution in [3.63, 3.8) is 0 Å². The smallest absolute Gasteiger partial charge is 0.319 e. The number of rotatable bonds is 4. The molecule has 132 valence electrons. The predicted octanol–water partition coefficient (Wildman–Crippen LogP) is 2.60. The van der Waals surface area contributed by atoms with Gasteiger partial charge in [0.2, 0.25) is 5.95 Å². The third-order valence-corrected chi connectivity index (χ3v) is 4.26. The van der Waals surface area contributed by atoms with Crippen molar-refractivity contribution in [2.45, 2.75) is 13.5 Å². The summed E-state index contributed by atoms with van der Waals surface area (Å²) >= 11 is 6.06. The molecule has 1 aromatic heterocycles. The molecule has 1 aromatic carbocycles. The maximum atomic E-state index is 12.0. The molecule has 0 atom stereocenters. The lowest BCUT2D eigenvalue weighted by Crippen LogP contribution is -2.37. The molecular weight excluding hydrogens is 342 g/mol. The summed E-state index contributed by atoms with van der Waals surface area (Å²) in [5.41, 5.74) is 2.35. The summed E-state index contributed by atoms with van der Waals surface area (Å²) in [6.45, 7) is 5.11. The van der Waals surface area contributed by atoms with Crippen molar-refractivity contribution >= 4 is 29.3 Å². The van der Waals surface area contributed by atoms with E-state index in [1.807, 2.05) is 19.1 Å². The van der Waals surface area contributed by atoms with Crippen LogP contribution >= 0.6 is 11.6 Å². The van der Waals surface area contributed by atoms with Crippen LogP contribution in [-0.2, 0) is 11.3 Å². The number of urea groups is 1. The lowest BCUT2D eigenvalue weighted by molar-refractivity contribution is 0.122. The highest BCUT2D eigenvalue weighted by molar-refractivity contribution is 6.31. The first-order chi connectivity index (χ1) is 12.1. The standard InChI is InChI=1S/C17H20ClN5O2/c1-12-2-3-13(10-15(12)18)22-17(24)20-11-14-4-5-19-16(21-14)23-6-8-25-9-7-23/h2-5,10H,6-9,11H2,1H3,(H2,20,22,24). The summed E-state index contributed by atoms with van der Waals surface area (Å²) in [6, 6.07) is 6.86. The van der Waals surface area contributed by atoms with Gasteiger partial charge in [-0.05, 0) is 30.7 Å². The van der Waals surface area contributed by atoms with Crippen molar-refractivity contribution in [3.8, 4) is 0 Å². The zero-order chi connectivity index (χ0) is 17.6. The van der Waals surface area contributed by atoms with Crippen molar-refractivity contribution in [2.75, 3.05) is 36.5 Å². The Morgan fingerprint density at radius 3 is 2.88 bits per heavy atom. The van der Waals surface area contributed by atoms with Gasteiger partial charge in [-0.25, -0.2) is 14.8 Å². The summed E-state index contributed by atoms with van der Waals surface area (Å²) in [5, 5.41) is 6.15. The molecule has 7 nitrogen and oxygen atoms in total. The topological polar surface area (TPSA) is 79.4 Å². The minimum absolute atomic E-state index is 0.311. The largest absolute Gasteiger partial charge is 0.378 e. The first kappa shape index (κ1) is 17.4. The highest BCUT2D eigenvalue weighted by Gasteiger charge is 2.14. The van der Waals surface area contributed by atoms with Crippen LogP contribution in [0.1, 0.15) is 11.3 Å². The Kier molecular flexibility index (Phi) is 5.67. The molecule has 0 radical (unpaired) electrons. The molecule has 3 rings (SSSR count). The summed E-state index contributed by atoms with van der Waals surface area (Å²) in [4.78, 5) is 22.9. The SMILES string of the molecule is Cc1ccc(NC(=O)NCc2ccnc(N3CCOCC3)n2)cc1Cl. The molecule has 1 aliphatic heterocycles. The van der Waals surface area contributed by atoms with Crippen molar-refractivity contribution < 1.29 is 9.53 Å². The van der Waals surface area contributed by atoms with E-state index in [1.54, 1.807) is 18.3 Å². The van der Waals surface area contributed by atoms with E-state index in [1.165, 1.54) is 0 Å². The van der Waals surface area contributed by atoms with E-state index < -0.39 is 0 Å². The average molecular weight is 362 g/mol. The van der Waals surface area contributed by atoms with Gasteiger partial charge in [-0.15, -0.1) is 0 Å². The normalized spacial score (nSPS) is 14.2. The molecule has 0 bridgehead atoms. The van der Waals surface area contributed by atoms with Crippen molar-refractivity contribution in [1.82, 2.24) is 15.3 Å². The second kappa shape index (κ2) is 8.13. The van der Waals surface area contributed by atoms with E-state index in [9.17, 15) is 4.79 Å². The molecule has 25 heavy (non-hydrogen) atoms. The molecule has 0 saturated carbocycles. The number of ether oxygens (including phenoxy) is 1. The van der Waals surface area contributed by atoms with Gasteiger partial charge >= 0.3 is 6.03 Å². The van der Waals surface area contributed by atoms with Gasteiger partial charge in [0.15, 0.2) is 0 Å². The van der Waals surface area contributed by atoms with Gasteiger partial charge in [-0.1, -0.05) is 17.7 Å². The van der Waals surface area contributed by atoms with E-state index in [2.05, 4.69) is 25.5 Å². The fraction of sp³-hybridized carbons (Fsp3) is 0.353. The Labute approximate surface area is 151 Å². The summed E-state index contributed by atoms with van der Waals surface area (Å²) in [7, 11) is 0. The molecular formula is C17H20ClN5O2. The monoisotopic (exact) mass is 361 g/mol. The Hall–Kier alpha value is -2.38. The van der Waals surface area contributed by atoms with E-state index in [0.717, 1.165) is 24.3 Å². The van der Waals surface area contributed by atoms with Gasteiger partial charge < -0.3 is 20.3 Å². The lowest BCUT2D eigenvalue weighted by atomic mass is 10.2. The van der Waals surface area contributed by atoms with Gasteiger partial charge in [-0.2, -0.15) is 0 Å². The fourth-order valence-electron chi connectivity index (χ4n) is 2.42. The minimum atomic E-state index is -0.313. The Morgan fingerprint density at radius 2 is 2.12 bits per heavy atom. The average Bonchev–Trinajstić information content (AvgIpc) is 2.64. The highest BCUT2D eigenvalue weighted by Crippen LogP contribution is 2.19. The zero-order valence-electron chi connectivity index (χ0n) is 14.0. The van der Waals surface area contributed by atoms with Crippen LogP contribution in [0.4, 0.5) is 16.4 Å². The van der Waals surface area contributed by atoms with Crippen LogP contribution in [0, 0.1) is 6.92 Å². The molecule has 0 unspecified atom stereocenters. The third-order valence-electron chi connectivity index (χ3n) is 3.85. The number of benzene rings is 1. The molecule has 0 aliphatic carbocycles. The molecule has 8 heteroatoms. The number of hydrogen-bond donors (Lipinski definition) is 2. The number of amides is 2. The highest BCUT2D eigenvalue weighted by atomic mass is 35.5. The molecule has 1 aliphatic rings. The molecule has 2 aromatic rings. The van der Waals surface area contributed by atoms with Crippen molar-refractivity contribution in [3.05, 3.63) is 46.7 Å². The van der Waals surface area contributed by atoms with Gasteiger partial charge in [0, 0.05) is 30.0 Å². The van der Waals surface area contributed by atoms with Crippen LogP contribution in [0.5, 0.6) is 0 Å². The van der Waals surface area contributed by atoms with E-state index in [0.29, 0.717) is 36.4 Å². The summed E-state index contributed by atoms with van der Waals surface area (Å²) in [5.74, 6) is 0.660. The summed E-state index contributed by atoms with van der Waals surface area (Å²) in [6.07, 6.45) is 1.70. The number of carbonyl (C=O) groups is 1. The summed E-state index contributed by atoms with van der Waals surface area (Å²) < 4.78 is 5.33. The first-order valence-electron chi connectivity index (χ1n) is 8.07. The maximum Gasteiger partial charge on any atom is 0.319 e. The fourth-order valence-corrected chi connectivity index (χ4v) is 2.60. The maximum absolute atomic E-state index is 12.0. The molecule has 1 fully saturated rings. The van der Waals surface area contributed by atoms with Gasteiger partial charge in [-0.3, -0.25) is 0 Å². The zero-order valence-corrected chi connectivity index (χ0v) is 14.7. The number of aromatic nitrogens is 2.